The highest BCUT2D eigenvalue weighted by atomic mass is 32.2. The van der Waals surface area contributed by atoms with Gasteiger partial charge in [-0.15, -0.1) is 10.2 Å². The molecule has 0 unspecified atom stereocenters. The number of para-hydroxylation sites is 1. The number of nitrogens with one attached hydrogen (secondary N) is 1. The molecule has 0 saturated heterocycles. The highest BCUT2D eigenvalue weighted by Gasteiger charge is 2.17. The van der Waals surface area contributed by atoms with E-state index in [4.69, 9.17) is 0 Å². The average molecular weight is 382 g/mol. The average Bonchev–Trinajstić information content (AvgIpc) is 3.15. The van der Waals surface area contributed by atoms with Crippen molar-refractivity contribution in [1.29, 1.82) is 0 Å². The van der Waals surface area contributed by atoms with Crippen molar-refractivity contribution in [2.75, 3.05) is 12.3 Å². The summed E-state index contributed by atoms with van der Waals surface area (Å²) in [6.45, 7) is 2.87. The Bertz CT molecular complexity index is 851. The van der Waals surface area contributed by atoms with Crippen molar-refractivity contribution < 1.29 is 4.79 Å². The maximum Gasteiger partial charge on any atom is 0.230 e. The van der Waals surface area contributed by atoms with Gasteiger partial charge < -0.3 is 5.32 Å². The zero-order chi connectivity index (χ0) is 18.9. The molecule has 0 saturated carbocycles. The monoisotopic (exact) mass is 381 g/mol. The van der Waals surface area contributed by atoms with Gasteiger partial charge in [0, 0.05) is 30.2 Å². The van der Waals surface area contributed by atoms with E-state index in [0.29, 0.717) is 16.7 Å². The maximum atomic E-state index is 12.1. The number of thioether (sulfide) groups is 1. The number of amides is 1. The smallest absolute Gasteiger partial charge is 0.230 e. The first-order chi connectivity index (χ1) is 13.3. The van der Waals surface area contributed by atoms with Crippen LogP contribution in [-0.2, 0) is 4.79 Å². The van der Waals surface area contributed by atoms with Crippen molar-refractivity contribution in [3.63, 3.8) is 0 Å². The van der Waals surface area contributed by atoms with Gasteiger partial charge in [0.2, 0.25) is 5.91 Å². The van der Waals surface area contributed by atoms with Crippen LogP contribution < -0.4 is 5.32 Å². The minimum Gasteiger partial charge on any atom is -0.355 e. The highest BCUT2D eigenvalue weighted by molar-refractivity contribution is 7.99. The maximum absolute atomic E-state index is 12.1. The zero-order valence-corrected chi connectivity index (χ0v) is 16.2. The molecule has 0 aliphatic carbocycles. The molecule has 140 valence electrons. The van der Waals surface area contributed by atoms with Gasteiger partial charge in [-0.1, -0.05) is 49.7 Å². The minimum absolute atomic E-state index is 0.0154. The summed E-state index contributed by atoms with van der Waals surface area (Å²) >= 11 is 1.39. The number of hydrogen-bond donors (Lipinski definition) is 1. The fourth-order valence-electron chi connectivity index (χ4n) is 2.64. The quantitative estimate of drug-likeness (QED) is 0.452. The molecule has 3 rings (SSSR count). The molecule has 2 aromatic heterocycles. The minimum atomic E-state index is 0.0154. The Morgan fingerprint density at radius 2 is 1.96 bits per heavy atom. The number of nitrogens with zero attached hydrogens (tertiary/aromatic N) is 4. The third kappa shape index (κ3) is 5.17. The van der Waals surface area contributed by atoms with Crippen LogP contribution in [0.1, 0.15) is 26.2 Å². The predicted octanol–water partition coefficient (Wildman–Crippen LogP) is 3.73. The molecular weight excluding hydrogens is 358 g/mol. The van der Waals surface area contributed by atoms with Gasteiger partial charge in [0.05, 0.1) is 5.75 Å². The van der Waals surface area contributed by atoms with Crippen LogP contribution in [0.3, 0.4) is 0 Å². The summed E-state index contributed by atoms with van der Waals surface area (Å²) in [7, 11) is 0. The lowest BCUT2D eigenvalue weighted by atomic mass is 10.2. The molecule has 0 aliphatic heterocycles. The van der Waals surface area contributed by atoms with E-state index in [1.54, 1.807) is 12.4 Å². The molecule has 0 radical (unpaired) electrons. The van der Waals surface area contributed by atoms with Crippen LogP contribution in [0.15, 0.2) is 60.0 Å². The number of pyridine rings is 1. The number of rotatable bonds is 9. The van der Waals surface area contributed by atoms with Gasteiger partial charge in [0.15, 0.2) is 11.0 Å². The SMILES string of the molecule is CCCCCNC(=O)CSc1nnc(-c2cccnc2)n1-c1ccccc1. The summed E-state index contributed by atoms with van der Waals surface area (Å²) in [5.41, 5.74) is 1.83. The first kappa shape index (κ1) is 19.1. The van der Waals surface area contributed by atoms with E-state index in [0.717, 1.165) is 37.1 Å². The summed E-state index contributed by atoms with van der Waals surface area (Å²) in [5, 5.41) is 12.3. The summed E-state index contributed by atoms with van der Waals surface area (Å²) in [4.78, 5) is 16.3. The lowest BCUT2D eigenvalue weighted by molar-refractivity contribution is -0.118. The van der Waals surface area contributed by atoms with Crippen LogP contribution in [-0.4, -0.2) is 38.0 Å². The Kier molecular flexibility index (Phi) is 6.98. The van der Waals surface area contributed by atoms with Gasteiger partial charge in [-0.05, 0) is 30.7 Å². The van der Waals surface area contributed by atoms with E-state index >= 15 is 0 Å². The molecular formula is C20H23N5OS. The van der Waals surface area contributed by atoms with Crippen LogP contribution in [0.4, 0.5) is 0 Å². The first-order valence-corrected chi connectivity index (χ1v) is 10.1. The second kappa shape index (κ2) is 9.87. The Balaban J connectivity index is 1.77. The van der Waals surface area contributed by atoms with Crippen molar-refractivity contribution >= 4 is 17.7 Å². The van der Waals surface area contributed by atoms with E-state index in [1.807, 2.05) is 47.0 Å². The number of unbranched alkanes of at least 4 members (excludes halogenated alkanes) is 2. The Morgan fingerprint density at radius 3 is 2.70 bits per heavy atom. The number of aromatic nitrogens is 4. The molecule has 1 aromatic carbocycles. The molecule has 7 heteroatoms. The standard InChI is InChI=1S/C20H23N5OS/c1-2-3-7-13-22-18(26)15-27-20-24-23-19(16-9-8-12-21-14-16)25(20)17-10-5-4-6-11-17/h4-6,8-12,14H,2-3,7,13,15H2,1H3,(H,22,26). The van der Waals surface area contributed by atoms with E-state index in [9.17, 15) is 4.79 Å². The van der Waals surface area contributed by atoms with Gasteiger partial charge in [-0.2, -0.15) is 0 Å². The molecule has 0 fully saturated rings. The van der Waals surface area contributed by atoms with Crippen molar-refractivity contribution in [3.05, 3.63) is 54.9 Å². The van der Waals surface area contributed by atoms with Crippen molar-refractivity contribution in [3.8, 4) is 17.1 Å². The molecule has 27 heavy (non-hydrogen) atoms. The molecule has 1 N–H and O–H groups in total. The number of carbonyl (C=O) groups excluding carboxylic acids is 1. The van der Waals surface area contributed by atoms with E-state index in [2.05, 4.69) is 27.4 Å². The van der Waals surface area contributed by atoms with Gasteiger partial charge in [0.1, 0.15) is 0 Å². The molecule has 6 nitrogen and oxygen atoms in total. The number of hydrogen-bond acceptors (Lipinski definition) is 5. The molecule has 0 aliphatic rings. The van der Waals surface area contributed by atoms with Crippen molar-refractivity contribution in [1.82, 2.24) is 25.1 Å². The zero-order valence-electron chi connectivity index (χ0n) is 15.3. The summed E-state index contributed by atoms with van der Waals surface area (Å²) in [6, 6.07) is 13.7. The molecule has 0 bridgehead atoms. The summed E-state index contributed by atoms with van der Waals surface area (Å²) < 4.78 is 1.96. The van der Waals surface area contributed by atoms with E-state index in [-0.39, 0.29) is 5.91 Å². The summed E-state index contributed by atoms with van der Waals surface area (Å²) in [5.74, 6) is 1.03. The van der Waals surface area contributed by atoms with Gasteiger partial charge in [-0.3, -0.25) is 14.3 Å². The highest BCUT2D eigenvalue weighted by Crippen LogP contribution is 2.27. The van der Waals surface area contributed by atoms with E-state index < -0.39 is 0 Å². The predicted molar refractivity (Wildman–Crippen MR) is 108 cm³/mol. The van der Waals surface area contributed by atoms with Crippen LogP contribution in [0.2, 0.25) is 0 Å². The van der Waals surface area contributed by atoms with Crippen molar-refractivity contribution in [2.24, 2.45) is 0 Å². The van der Waals surface area contributed by atoms with Crippen LogP contribution in [0, 0.1) is 0 Å². The number of benzene rings is 1. The first-order valence-electron chi connectivity index (χ1n) is 9.10. The fourth-order valence-corrected chi connectivity index (χ4v) is 3.42. The van der Waals surface area contributed by atoms with Gasteiger partial charge in [0.25, 0.3) is 0 Å². The molecule has 0 spiro atoms. The lowest BCUT2D eigenvalue weighted by Gasteiger charge is -2.10. The van der Waals surface area contributed by atoms with Crippen LogP contribution in [0.5, 0.6) is 0 Å². The normalized spacial score (nSPS) is 10.7. The lowest BCUT2D eigenvalue weighted by Crippen LogP contribution is -2.26. The van der Waals surface area contributed by atoms with Crippen molar-refractivity contribution in [2.45, 2.75) is 31.3 Å². The van der Waals surface area contributed by atoms with Gasteiger partial charge >= 0.3 is 0 Å². The molecule has 1 amide bonds. The van der Waals surface area contributed by atoms with Crippen LogP contribution >= 0.6 is 11.8 Å². The summed E-state index contributed by atoms with van der Waals surface area (Å²) in [6.07, 6.45) is 6.77. The molecule has 0 atom stereocenters. The Morgan fingerprint density at radius 1 is 1.11 bits per heavy atom. The Labute approximate surface area is 163 Å². The molecule has 3 aromatic rings. The Hall–Kier alpha value is -2.67. The van der Waals surface area contributed by atoms with E-state index in [1.165, 1.54) is 11.8 Å². The molecule has 2 heterocycles. The largest absolute Gasteiger partial charge is 0.355 e. The fraction of sp³-hybridized carbons (Fsp3) is 0.300. The second-order valence-corrected chi connectivity index (χ2v) is 7.01. The second-order valence-electron chi connectivity index (χ2n) is 6.06. The van der Waals surface area contributed by atoms with Gasteiger partial charge in [-0.25, -0.2) is 0 Å². The number of carbonyl (C=O) groups is 1. The van der Waals surface area contributed by atoms with Crippen LogP contribution in [0.25, 0.3) is 17.1 Å². The third-order valence-electron chi connectivity index (χ3n) is 4.00. The topological polar surface area (TPSA) is 72.7 Å². The third-order valence-corrected chi connectivity index (χ3v) is 4.93.